The number of ether oxygens (including phenoxy) is 1. The van der Waals surface area contributed by atoms with E-state index in [1.54, 1.807) is 11.4 Å². The summed E-state index contributed by atoms with van der Waals surface area (Å²) < 4.78 is 31.8. The fourth-order valence-electron chi connectivity index (χ4n) is 2.46. The van der Waals surface area contributed by atoms with Crippen LogP contribution >= 0.6 is 11.3 Å². The number of amides is 1. The Bertz CT molecular complexity index is 953. The molecule has 0 aliphatic rings. The average molecular weight is 373 g/mol. The Kier molecular flexibility index (Phi) is 5.32. The van der Waals surface area contributed by atoms with Crippen molar-refractivity contribution in [2.45, 2.75) is 20.5 Å². The molecule has 0 bridgehead atoms. The van der Waals surface area contributed by atoms with Gasteiger partial charge in [0.25, 0.3) is 5.91 Å². The summed E-state index contributed by atoms with van der Waals surface area (Å²) in [5.74, 6) is -1.65. The van der Waals surface area contributed by atoms with Gasteiger partial charge < -0.3 is 10.1 Å². The van der Waals surface area contributed by atoms with Gasteiger partial charge in [-0.3, -0.25) is 4.79 Å². The maximum atomic E-state index is 13.6. The first-order valence-corrected chi connectivity index (χ1v) is 8.84. The molecule has 0 spiro atoms. The summed E-state index contributed by atoms with van der Waals surface area (Å²) in [5.41, 5.74) is 3.62. The maximum absolute atomic E-state index is 13.6. The fourth-order valence-corrected chi connectivity index (χ4v) is 3.25. The van der Waals surface area contributed by atoms with Gasteiger partial charge in [-0.15, -0.1) is 11.3 Å². The van der Waals surface area contributed by atoms with E-state index in [1.165, 1.54) is 17.4 Å². The SMILES string of the molecule is Cc1ccc(NC(=O)c2cc(COc3ccc(F)cc3F)cs2)c(C)c1. The first-order valence-electron chi connectivity index (χ1n) is 7.96. The molecule has 3 aromatic rings. The molecule has 26 heavy (non-hydrogen) atoms. The van der Waals surface area contributed by atoms with Crippen molar-refractivity contribution in [2.75, 3.05) is 5.32 Å². The van der Waals surface area contributed by atoms with Crippen LogP contribution in [0.25, 0.3) is 0 Å². The minimum Gasteiger partial charge on any atom is -0.486 e. The number of halogens is 2. The number of carbonyl (C=O) groups is 1. The number of aryl methyl sites for hydroxylation is 2. The predicted molar refractivity (Wildman–Crippen MR) is 98.9 cm³/mol. The lowest BCUT2D eigenvalue weighted by Crippen LogP contribution is -2.11. The number of anilines is 1. The summed E-state index contributed by atoms with van der Waals surface area (Å²) in [6.45, 7) is 4.03. The van der Waals surface area contributed by atoms with E-state index in [-0.39, 0.29) is 18.3 Å². The van der Waals surface area contributed by atoms with Crippen LogP contribution in [0.1, 0.15) is 26.4 Å². The van der Waals surface area contributed by atoms with Gasteiger partial charge in [0.2, 0.25) is 0 Å². The zero-order chi connectivity index (χ0) is 18.7. The third kappa shape index (κ3) is 4.26. The quantitative estimate of drug-likeness (QED) is 0.644. The van der Waals surface area contributed by atoms with Gasteiger partial charge in [-0.1, -0.05) is 17.7 Å². The van der Waals surface area contributed by atoms with E-state index < -0.39 is 11.6 Å². The fraction of sp³-hybridized carbons (Fsp3) is 0.150. The van der Waals surface area contributed by atoms with E-state index in [0.29, 0.717) is 4.88 Å². The normalized spacial score (nSPS) is 10.6. The number of rotatable bonds is 5. The zero-order valence-electron chi connectivity index (χ0n) is 14.3. The van der Waals surface area contributed by atoms with E-state index in [9.17, 15) is 13.6 Å². The van der Waals surface area contributed by atoms with Crippen molar-refractivity contribution in [1.29, 1.82) is 0 Å². The van der Waals surface area contributed by atoms with E-state index in [2.05, 4.69) is 5.32 Å². The van der Waals surface area contributed by atoms with Crippen LogP contribution < -0.4 is 10.1 Å². The molecule has 1 aromatic heterocycles. The minimum absolute atomic E-state index is 0.0288. The van der Waals surface area contributed by atoms with Crippen LogP contribution in [0.3, 0.4) is 0 Å². The molecule has 6 heteroatoms. The Morgan fingerprint density at radius 3 is 2.65 bits per heavy atom. The minimum atomic E-state index is -0.756. The van der Waals surface area contributed by atoms with Gasteiger partial charge in [0.15, 0.2) is 11.6 Å². The second kappa shape index (κ2) is 7.66. The van der Waals surface area contributed by atoms with Crippen LogP contribution in [0.5, 0.6) is 5.75 Å². The third-order valence-electron chi connectivity index (χ3n) is 3.80. The second-order valence-corrected chi connectivity index (χ2v) is 6.87. The summed E-state index contributed by atoms with van der Waals surface area (Å²) >= 11 is 1.28. The molecule has 0 atom stereocenters. The van der Waals surface area contributed by atoms with E-state index in [0.717, 1.165) is 34.5 Å². The van der Waals surface area contributed by atoms with Gasteiger partial charge in [0, 0.05) is 17.3 Å². The molecule has 0 fully saturated rings. The number of nitrogens with one attached hydrogen (secondary N) is 1. The zero-order valence-corrected chi connectivity index (χ0v) is 15.1. The molecule has 1 heterocycles. The van der Waals surface area contributed by atoms with Gasteiger partial charge in [-0.05, 0) is 49.1 Å². The number of hydrogen-bond acceptors (Lipinski definition) is 3. The summed E-state index contributed by atoms with van der Waals surface area (Å²) in [4.78, 5) is 12.9. The first kappa shape index (κ1) is 18.1. The Labute approximate surface area is 154 Å². The monoisotopic (exact) mass is 373 g/mol. The van der Waals surface area contributed by atoms with Crippen molar-refractivity contribution in [2.24, 2.45) is 0 Å². The van der Waals surface area contributed by atoms with Crippen molar-refractivity contribution >= 4 is 22.9 Å². The summed E-state index contributed by atoms with van der Waals surface area (Å²) in [7, 11) is 0. The Morgan fingerprint density at radius 2 is 1.92 bits per heavy atom. The summed E-state index contributed by atoms with van der Waals surface area (Å²) in [6.07, 6.45) is 0. The van der Waals surface area contributed by atoms with Gasteiger partial charge in [-0.25, -0.2) is 8.78 Å². The molecule has 0 aliphatic heterocycles. The van der Waals surface area contributed by atoms with Crippen molar-refractivity contribution in [1.82, 2.24) is 0 Å². The highest BCUT2D eigenvalue weighted by Gasteiger charge is 2.12. The molecule has 2 aromatic carbocycles. The molecule has 0 unspecified atom stereocenters. The number of thiophene rings is 1. The molecule has 0 saturated carbocycles. The van der Waals surface area contributed by atoms with Gasteiger partial charge in [-0.2, -0.15) is 0 Å². The molecule has 0 radical (unpaired) electrons. The van der Waals surface area contributed by atoms with Crippen molar-refractivity contribution < 1.29 is 18.3 Å². The topological polar surface area (TPSA) is 38.3 Å². The van der Waals surface area contributed by atoms with E-state index >= 15 is 0 Å². The lowest BCUT2D eigenvalue weighted by atomic mass is 10.1. The summed E-state index contributed by atoms with van der Waals surface area (Å²) in [6, 6.07) is 10.7. The van der Waals surface area contributed by atoms with Crippen LogP contribution in [0.15, 0.2) is 47.8 Å². The van der Waals surface area contributed by atoms with Crippen LogP contribution in [-0.4, -0.2) is 5.91 Å². The van der Waals surface area contributed by atoms with Crippen molar-refractivity contribution in [3.05, 3.63) is 81.0 Å². The molecular weight excluding hydrogens is 356 g/mol. The Balaban J connectivity index is 1.64. The number of benzene rings is 2. The Hall–Kier alpha value is -2.73. The third-order valence-corrected chi connectivity index (χ3v) is 4.77. The largest absolute Gasteiger partial charge is 0.486 e. The molecule has 1 amide bonds. The van der Waals surface area contributed by atoms with Gasteiger partial charge in [0.1, 0.15) is 12.4 Å². The smallest absolute Gasteiger partial charge is 0.265 e. The lowest BCUT2D eigenvalue weighted by molar-refractivity contribution is 0.103. The van der Waals surface area contributed by atoms with Crippen LogP contribution in [-0.2, 0) is 6.61 Å². The average Bonchev–Trinajstić information content (AvgIpc) is 3.06. The second-order valence-electron chi connectivity index (χ2n) is 5.96. The molecule has 0 saturated heterocycles. The summed E-state index contributed by atoms with van der Waals surface area (Å²) in [5, 5.41) is 4.66. The highest BCUT2D eigenvalue weighted by Crippen LogP contribution is 2.23. The molecule has 3 rings (SSSR count). The Morgan fingerprint density at radius 1 is 1.12 bits per heavy atom. The molecule has 134 valence electrons. The maximum Gasteiger partial charge on any atom is 0.265 e. The predicted octanol–water partition coefficient (Wildman–Crippen LogP) is 5.47. The standard InChI is InChI=1S/C20H17F2NO2S/c1-12-3-5-17(13(2)7-12)23-20(24)19-8-14(11-26-19)10-25-18-6-4-15(21)9-16(18)22/h3-9,11H,10H2,1-2H3,(H,23,24). The van der Waals surface area contributed by atoms with E-state index in [1.807, 2.05) is 32.0 Å². The molecule has 1 N–H and O–H groups in total. The van der Waals surface area contributed by atoms with Crippen LogP contribution in [0, 0.1) is 25.5 Å². The number of carbonyl (C=O) groups excluding carboxylic acids is 1. The van der Waals surface area contributed by atoms with Crippen LogP contribution in [0.4, 0.5) is 14.5 Å². The van der Waals surface area contributed by atoms with E-state index in [4.69, 9.17) is 4.74 Å². The van der Waals surface area contributed by atoms with Crippen molar-refractivity contribution in [3.63, 3.8) is 0 Å². The van der Waals surface area contributed by atoms with Crippen molar-refractivity contribution in [3.8, 4) is 5.75 Å². The van der Waals surface area contributed by atoms with Crippen LogP contribution in [0.2, 0.25) is 0 Å². The molecule has 3 nitrogen and oxygen atoms in total. The first-order chi connectivity index (χ1) is 12.4. The molecular formula is C20H17F2NO2S. The molecule has 0 aliphatic carbocycles. The van der Waals surface area contributed by atoms with Gasteiger partial charge in [0.05, 0.1) is 4.88 Å². The highest BCUT2D eigenvalue weighted by molar-refractivity contribution is 7.12. The van der Waals surface area contributed by atoms with Gasteiger partial charge >= 0.3 is 0 Å². The highest BCUT2D eigenvalue weighted by atomic mass is 32.1. The number of hydrogen-bond donors (Lipinski definition) is 1. The lowest BCUT2D eigenvalue weighted by Gasteiger charge is -2.08.